The minimum atomic E-state index is 0.399. The number of thiophene rings is 1. The first kappa shape index (κ1) is 17.0. The zero-order valence-corrected chi connectivity index (χ0v) is 15.1. The van der Waals surface area contributed by atoms with Crippen molar-refractivity contribution in [2.75, 3.05) is 26.8 Å². The van der Waals surface area contributed by atoms with Gasteiger partial charge >= 0.3 is 0 Å². The van der Waals surface area contributed by atoms with E-state index in [2.05, 4.69) is 44.8 Å². The summed E-state index contributed by atoms with van der Waals surface area (Å²) in [7, 11) is 1.72. The topological polar surface area (TPSA) is 21.3 Å². The van der Waals surface area contributed by atoms with Crippen LogP contribution in [-0.4, -0.2) is 26.8 Å². The van der Waals surface area contributed by atoms with Crippen LogP contribution in [0.1, 0.15) is 16.4 Å². The van der Waals surface area contributed by atoms with E-state index in [4.69, 9.17) is 16.3 Å². The van der Waals surface area contributed by atoms with Gasteiger partial charge in [-0.1, -0.05) is 23.7 Å². The maximum absolute atomic E-state index is 6.14. The molecule has 1 aromatic heterocycles. The molecule has 21 heavy (non-hydrogen) atoms. The highest BCUT2D eigenvalue weighted by molar-refractivity contribution is 9.10. The Labute approximate surface area is 143 Å². The molecule has 0 saturated carbocycles. The van der Waals surface area contributed by atoms with Gasteiger partial charge in [0.2, 0.25) is 0 Å². The molecule has 114 valence electrons. The predicted molar refractivity (Wildman–Crippen MR) is 94.7 cm³/mol. The molecule has 2 aromatic rings. The van der Waals surface area contributed by atoms with Gasteiger partial charge in [0.1, 0.15) is 0 Å². The molecule has 0 bridgehead atoms. The second-order valence-electron chi connectivity index (χ2n) is 4.84. The molecule has 0 amide bonds. The number of halogens is 2. The van der Waals surface area contributed by atoms with Crippen molar-refractivity contribution in [1.82, 2.24) is 5.32 Å². The first-order chi connectivity index (χ1) is 10.2. The lowest BCUT2D eigenvalue weighted by atomic mass is 9.95. The number of methoxy groups -OCH3 is 1. The SMILES string of the molecule is COCCNCC(Cc1sccc1Br)c1cccc(Cl)c1. The fourth-order valence-corrected chi connectivity index (χ4v) is 4.01. The maximum atomic E-state index is 6.14. The van der Waals surface area contributed by atoms with Crippen molar-refractivity contribution in [2.24, 2.45) is 0 Å². The van der Waals surface area contributed by atoms with Crippen molar-refractivity contribution in [3.63, 3.8) is 0 Å². The molecule has 1 heterocycles. The number of benzene rings is 1. The third-order valence-corrected chi connectivity index (χ3v) is 5.50. The monoisotopic (exact) mass is 387 g/mol. The highest BCUT2D eigenvalue weighted by atomic mass is 79.9. The van der Waals surface area contributed by atoms with Crippen LogP contribution in [0, 0.1) is 0 Å². The van der Waals surface area contributed by atoms with E-state index in [0.717, 1.165) is 31.1 Å². The minimum Gasteiger partial charge on any atom is -0.383 e. The summed E-state index contributed by atoms with van der Waals surface area (Å²) in [5.74, 6) is 0.399. The summed E-state index contributed by atoms with van der Waals surface area (Å²) in [6, 6.07) is 10.2. The van der Waals surface area contributed by atoms with E-state index in [1.165, 1.54) is 14.9 Å². The first-order valence-corrected chi connectivity index (χ1v) is 8.92. The second kappa shape index (κ2) is 8.91. The Morgan fingerprint density at radius 2 is 2.24 bits per heavy atom. The zero-order chi connectivity index (χ0) is 15.1. The predicted octanol–water partition coefficient (Wildman–Crippen LogP) is 4.73. The lowest BCUT2D eigenvalue weighted by Gasteiger charge is -2.18. The molecule has 0 aliphatic heterocycles. The fourth-order valence-electron chi connectivity index (χ4n) is 2.21. The fraction of sp³-hybridized carbons (Fsp3) is 0.375. The molecule has 0 radical (unpaired) electrons. The van der Waals surface area contributed by atoms with Gasteiger partial charge in [-0.05, 0) is 51.5 Å². The Bertz CT molecular complexity index is 561. The van der Waals surface area contributed by atoms with Crippen molar-refractivity contribution < 1.29 is 4.74 Å². The van der Waals surface area contributed by atoms with Crippen LogP contribution < -0.4 is 5.32 Å². The van der Waals surface area contributed by atoms with Crippen molar-refractivity contribution >= 4 is 38.9 Å². The molecule has 0 fully saturated rings. The molecule has 1 N–H and O–H groups in total. The Kier molecular flexibility index (Phi) is 7.20. The average Bonchev–Trinajstić information content (AvgIpc) is 2.87. The molecule has 0 spiro atoms. The number of hydrogen-bond acceptors (Lipinski definition) is 3. The number of rotatable bonds is 8. The van der Waals surface area contributed by atoms with Gasteiger partial charge in [0.25, 0.3) is 0 Å². The highest BCUT2D eigenvalue weighted by Crippen LogP contribution is 2.30. The standard InChI is InChI=1S/C16H19BrClNOS/c1-20-7-6-19-11-13(10-16-15(17)5-8-21-16)12-3-2-4-14(18)9-12/h2-5,8-9,13,19H,6-7,10-11H2,1H3. The van der Waals surface area contributed by atoms with Gasteiger partial charge < -0.3 is 10.1 Å². The van der Waals surface area contributed by atoms with E-state index in [-0.39, 0.29) is 0 Å². The summed E-state index contributed by atoms with van der Waals surface area (Å²) < 4.78 is 6.28. The highest BCUT2D eigenvalue weighted by Gasteiger charge is 2.15. The molecular formula is C16H19BrClNOS. The quantitative estimate of drug-likeness (QED) is 0.660. The normalized spacial score (nSPS) is 12.5. The molecule has 5 heteroatoms. The van der Waals surface area contributed by atoms with E-state index < -0.39 is 0 Å². The summed E-state index contributed by atoms with van der Waals surface area (Å²) in [6.07, 6.45) is 0.999. The van der Waals surface area contributed by atoms with Gasteiger partial charge in [-0.3, -0.25) is 0 Å². The number of nitrogens with one attached hydrogen (secondary N) is 1. The minimum absolute atomic E-state index is 0.399. The van der Waals surface area contributed by atoms with Gasteiger partial charge in [-0.15, -0.1) is 11.3 Å². The van der Waals surface area contributed by atoms with Crippen LogP contribution in [-0.2, 0) is 11.2 Å². The summed E-state index contributed by atoms with van der Waals surface area (Å²) in [6.45, 7) is 2.50. The molecular weight excluding hydrogens is 370 g/mol. The lowest BCUT2D eigenvalue weighted by molar-refractivity contribution is 0.199. The van der Waals surface area contributed by atoms with E-state index in [1.807, 2.05) is 12.1 Å². The van der Waals surface area contributed by atoms with Crippen molar-refractivity contribution in [2.45, 2.75) is 12.3 Å². The van der Waals surface area contributed by atoms with E-state index in [1.54, 1.807) is 18.4 Å². The molecule has 0 saturated heterocycles. The van der Waals surface area contributed by atoms with Crippen LogP contribution in [0.4, 0.5) is 0 Å². The molecule has 1 atom stereocenters. The summed E-state index contributed by atoms with van der Waals surface area (Å²) in [5, 5.41) is 6.37. The molecule has 0 aliphatic rings. The number of ether oxygens (including phenoxy) is 1. The summed E-state index contributed by atoms with van der Waals surface area (Å²) >= 11 is 11.5. The van der Waals surface area contributed by atoms with Crippen LogP contribution in [0.2, 0.25) is 5.02 Å². The third kappa shape index (κ3) is 5.38. The van der Waals surface area contributed by atoms with Gasteiger partial charge in [-0.25, -0.2) is 0 Å². The molecule has 1 aromatic carbocycles. The first-order valence-electron chi connectivity index (χ1n) is 6.87. The largest absolute Gasteiger partial charge is 0.383 e. The second-order valence-corrected chi connectivity index (χ2v) is 7.14. The van der Waals surface area contributed by atoms with Crippen molar-refractivity contribution in [3.05, 3.63) is 55.6 Å². The summed E-state index contributed by atoms with van der Waals surface area (Å²) in [5.41, 5.74) is 1.27. The molecule has 0 aliphatic carbocycles. The lowest BCUT2D eigenvalue weighted by Crippen LogP contribution is -2.26. The van der Waals surface area contributed by atoms with Crippen LogP contribution >= 0.6 is 38.9 Å². The Morgan fingerprint density at radius 3 is 2.90 bits per heavy atom. The van der Waals surface area contributed by atoms with Gasteiger partial charge in [0, 0.05) is 40.5 Å². The smallest absolute Gasteiger partial charge is 0.0587 e. The Balaban J connectivity index is 2.08. The summed E-state index contributed by atoms with van der Waals surface area (Å²) in [4.78, 5) is 1.37. The van der Waals surface area contributed by atoms with Crippen LogP contribution in [0.25, 0.3) is 0 Å². The Morgan fingerprint density at radius 1 is 1.38 bits per heavy atom. The molecule has 2 nitrogen and oxygen atoms in total. The van der Waals surface area contributed by atoms with Gasteiger partial charge in [0.05, 0.1) is 6.61 Å². The van der Waals surface area contributed by atoms with Crippen LogP contribution in [0.3, 0.4) is 0 Å². The van der Waals surface area contributed by atoms with E-state index >= 15 is 0 Å². The Hall–Kier alpha value is -0.390. The molecule has 2 rings (SSSR count). The van der Waals surface area contributed by atoms with Crippen LogP contribution in [0.15, 0.2) is 40.2 Å². The molecule has 1 unspecified atom stereocenters. The van der Waals surface area contributed by atoms with Crippen molar-refractivity contribution in [1.29, 1.82) is 0 Å². The van der Waals surface area contributed by atoms with Gasteiger partial charge in [-0.2, -0.15) is 0 Å². The van der Waals surface area contributed by atoms with Crippen molar-refractivity contribution in [3.8, 4) is 0 Å². The number of hydrogen-bond donors (Lipinski definition) is 1. The average molecular weight is 389 g/mol. The third-order valence-electron chi connectivity index (χ3n) is 3.32. The van der Waals surface area contributed by atoms with E-state index in [0.29, 0.717) is 5.92 Å². The maximum Gasteiger partial charge on any atom is 0.0587 e. The van der Waals surface area contributed by atoms with Crippen LogP contribution in [0.5, 0.6) is 0 Å². The zero-order valence-electron chi connectivity index (χ0n) is 11.9. The van der Waals surface area contributed by atoms with E-state index in [9.17, 15) is 0 Å². The van der Waals surface area contributed by atoms with Gasteiger partial charge in [0.15, 0.2) is 0 Å².